The molecule has 0 aliphatic heterocycles. The van der Waals surface area contributed by atoms with Crippen LogP contribution in [0.5, 0.6) is 0 Å². The molecule has 1 N–H and O–H groups in total. The zero-order chi connectivity index (χ0) is 9.68. The van der Waals surface area contributed by atoms with Crippen molar-refractivity contribution in [3.8, 4) is 0 Å². The molecule has 0 spiro atoms. The Bertz CT molecular complexity index is 269. The first-order valence-corrected chi connectivity index (χ1v) is 4.43. The molecule has 3 nitrogen and oxygen atoms in total. The van der Waals surface area contributed by atoms with Gasteiger partial charge in [0.2, 0.25) is 0 Å². The van der Waals surface area contributed by atoms with Crippen LogP contribution >= 0.6 is 0 Å². The minimum absolute atomic E-state index is 0.610. The Kier molecular flexibility index (Phi) is 3.43. The number of pyridine rings is 1. The minimum atomic E-state index is 0.610. The highest BCUT2D eigenvalue weighted by molar-refractivity contribution is 5.76. The number of nitrogens with zero attached hydrogens (tertiary/aromatic N) is 2. The maximum Gasteiger partial charge on any atom is 0.0928 e. The Labute approximate surface area is 78.9 Å². The van der Waals surface area contributed by atoms with Crippen molar-refractivity contribution in [3.63, 3.8) is 0 Å². The van der Waals surface area contributed by atoms with Crippen LogP contribution in [0.4, 0.5) is 0 Å². The van der Waals surface area contributed by atoms with Gasteiger partial charge in [0.05, 0.1) is 5.84 Å². The van der Waals surface area contributed by atoms with Crippen molar-refractivity contribution in [1.29, 1.82) is 5.41 Å². The van der Waals surface area contributed by atoms with Crippen molar-refractivity contribution in [2.45, 2.75) is 20.4 Å². The molecule has 0 atom stereocenters. The van der Waals surface area contributed by atoms with Crippen LogP contribution in [0.25, 0.3) is 0 Å². The van der Waals surface area contributed by atoms with Crippen LogP contribution in [0.3, 0.4) is 0 Å². The molecule has 1 aromatic rings. The lowest BCUT2D eigenvalue weighted by Crippen LogP contribution is -2.27. The van der Waals surface area contributed by atoms with Gasteiger partial charge in [-0.2, -0.15) is 0 Å². The molecule has 13 heavy (non-hydrogen) atoms. The summed E-state index contributed by atoms with van der Waals surface area (Å²) in [6.45, 7) is 5.54. The Morgan fingerprint density at radius 3 is 2.54 bits per heavy atom. The fraction of sp³-hybridized carbons (Fsp3) is 0.400. The van der Waals surface area contributed by atoms with Crippen molar-refractivity contribution in [1.82, 2.24) is 9.88 Å². The lowest BCUT2D eigenvalue weighted by molar-refractivity contribution is 0.430. The van der Waals surface area contributed by atoms with Gasteiger partial charge in [0.25, 0.3) is 0 Å². The highest BCUT2D eigenvalue weighted by Gasteiger charge is 2.02. The summed E-state index contributed by atoms with van der Waals surface area (Å²) in [7, 11) is 0. The van der Waals surface area contributed by atoms with E-state index in [2.05, 4.69) is 11.9 Å². The van der Waals surface area contributed by atoms with Gasteiger partial charge in [0.15, 0.2) is 0 Å². The third-order valence-electron chi connectivity index (χ3n) is 1.98. The fourth-order valence-electron chi connectivity index (χ4n) is 1.18. The monoisotopic (exact) mass is 177 g/mol. The van der Waals surface area contributed by atoms with Crippen LogP contribution in [0.1, 0.15) is 19.4 Å². The molecule has 0 radical (unpaired) electrons. The highest BCUT2D eigenvalue weighted by atomic mass is 15.1. The third-order valence-corrected chi connectivity index (χ3v) is 1.98. The van der Waals surface area contributed by atoms with Gasteiger partial charge < -0.3 is 4.90 Å². The van der Waals surface area contributed by atoms with Crippen LogP contribution in [0.2, 0.25) is 0 Å². The summed E-state index contributed by atoms with van der Waals surface area (Å²) >= 11 is 0. The third kappa shape index (κ3) is 2.86. The normalized spacial score (nSPS) is 9.69. The topological polar surface area (TPSA) is 40.0 Å². The van der Waals surface area contributed by atoms with Crippen molar-refractivity contribution >= 4 is 5.84 Å². The van der Waals surface area contributed by atoms with E-state index in [1.54, 1.807) is 12.4 Å². The summed E-state index contributed by atoms with van der Waals surface area (Å²) in [5.74, 6) is 0.610. The predicted octanol–water partition coefficient (Wildman–Crippen LogP) is 1.90. The quantitative estimate of drug-likeness (QED) is 0.566. The molecule has 3 heteroatoms. The SMILES string of the molecule is CCN(Cc1ccncc1)C(C)=N. The van der Waals surface area contributed by atoms with Gasteiger partial charge in [-0.3, -0.25) is 10.4 Å². The average Bonchev–Trinajstić information content (AvgIpc) is 2.15. The maximum atomic E-state index is 7.51. The second-order valence-electron chi connectivity index (χ2n) is 2.96. The second kappa shape index (κ2) is 4.60. The molecular formula is C10H15N3. The van der Waals surface area contributed by atoms with Crippen LogP contribution in [0.15, 0.2) is 24.5 Å². The van der Waals surface area contributed by atoms with Crippen LogP contribution in [-0.2, 0) is 6.54 Å². The largest absolute Gasteiger partial charge is 0.357 e. The standard InChI is InChI=1S/C10H15N3/c1-3-13(9(2)11)8-10-4-6-12-7-5-10/h4-7,11H,3,8H2,1-2H3. The summed E-state index contributed by atoms with van der Waals surface area (Å²) in [6, 6.07) is 3.96. The van der Waals surface area contributed by atoms with E-state index >= 15 is 0 Å². The van der Waals surface area contributed by atoms with E-state index in [1.807, 2.05) is 24.0 Å². The average molecular weight is 177 g/mol. The van der Waals surface area contributed by atoms with Gasteiger partial charge in [-0.25, -0.2) is 0 Å². The number of amidine groups is 1. The molecular weight excluding hydrogens is 162 g/mol. The lowest BCUT2D eigenvalue weighted by Gasteiger charge is -2.20. The summed E-state index contributed by atoms with van der Waals surface area (Å²) in [4.78, 5) is 5.96. The molecule has 0 saturated heterocycles. The first kappa shape index (κ1) is 9.71. The number of rotatable bonds is 3. The van der Waals surface area contributed by atoms with Gasteiger partial charge >= 0.3 is 0 Å². The predicted molar refractivity (Wildman–Crippen MR) is 53.7 cm³/mol. The van der Waals surface area contributed by atoms with Crippen molar-refractivity contribution in [3.05, 3.63) is 30.1 Å². The number of hydrogen-bond acceptors (Lipinski definition) is 2. The zero-order valence-electron chi connectivity index (χ0n) is 8.12. The van der Waals surface area contributed by atoms with Gasteiger partial charge in [0, 0.05) is 25.5 Å². The van der Waals surface area contributed by atoms with E-state index in [-0.39, 0.29) is 0 Å². The van der Waals surface area contributed by atoms with Gasteiger partial charge in [-0.15, -0.1) is 0 Å². The lowest BCUT2D eigenvalue weighted by atomic mass is 10.2. The summed E-state index contributed by atoms with van der Waals surface area (Å²) in [6.07, 6.45) is 3.56. The molecule has 1 rings (SSSR count). The van der Waals surface area contributed by atoms with E-state index in [0.717, 1.165) is 13.1 Å². The van der Waals surface area contributed by atoms with Crippen LogP contribution in [-0.4, -0.2) is 22.3 Å². The molecule has 0 aliphatic rings. The van der Waals surface area contributed by atoms with E-state index < -0.39 is 0 Å². The van der Waals surface area contributed by atoms with Gasteiger partial charge in [-0.05, 0) is 31.5 Å². The molecule has 0 aliphatic carbocycles. The van der Waals surface area contributed by atoms with Crippen LogP contribution in [0, 0.1) is 5.41 Å². The first-order valence-electron chi connectivity index (χ1n) is 4.43. The van der Waals surface area contributed by atoms with Crippen molar-refractivity contribution < 1.29 is 0 Å². The first-order chi connectivity index (χ1) is 6.24. The maximum absolute atomic E-state index is 7.51. The van der Waals surface area contributed by atoms with Crippen LogP contribution < -0.4 is 0 Å². The summed E-state index contributed by atoms with van der Waals surface area (Å²) in [5.41, 5.74) is 1.20. The second-order valence-corrected chi connectivity index (χ2v) is 2.96. The summed E-state index contributed by atoms with van der Waals surface area (Å²) < 4.78 is 0. The smallest absolute Gasteiger partial charge is 0.0928 e. The Hall–Kier alpha value is -1.38. The molecule has 0 bridgehead atoms. The van der Waals surface area contributed by atoms with Gasteiger partial charge in [-0.1, -0.05) is 0 Å². The van der Waals surface area contributed by atoms with Crippen molar-refractivity contribution in [2.75, 3.05) is 6.54 Å². The summed E-state index contributed by atoms with van der Waals surface area (Å²) in [5, 5.41) is 7.51. The van der Waals surface area contributed by atoms with E-state index in [4.69, 9.17) is 5.41 Å². The van der Waals surface area contributed by atoms with Crippen molar-refractivity contribution in [2.24, 2.45) is 0 Å². The Morgan fingerprint density at radius 2 is 2.08 bits per heavy atom. The zero-order valence-corrected chi connectivity index (χ0v) is 8.12. The molecule has 1 heterocycles. The number of nitrogens with one attached hydrogen (secondary N) is 1. The van der Waals surface area contributed by atoms with Gasteiger partial charge in [0.1, 0.15) is 0 Å². The number of aromatic nitrogens is 1. The van der Waals surface area contributed by atoms with E-state index in [0.29, 0.717) is 5.84 Å². The Balaban J connectivity index is 2.62. The molecule has 0 fully saturated rings. The minimum Gasteiger partial charge on any atom is -0.357 e. The highest BCUT2D eigenvalue weighted by Crippen LogP contribution is 2.02. The molecule has 70 valence electrons. The molecule has 0 aromatic carbocycles. The Morgan fingerprint density at radius 1 is 1.46 bits per heavy atom. The molecule has 0 saturated carbocycles. The molecule has 0 unspecified atom stereocenters. The molecule has 0 amide bonds. The number of hydrogen-bond donors (Lipinski definition) is 1. The van der Waals surface area contributed by atoms with E-state index in [9.17, 15) is 0 Å². The fourth-order valence-corrected chi connectivity index (χ4v) is 1.18. The molecule has 1 aromatic heterocycles. The van der Waals surface area contributed by atoms with E-state index in [1.165, 1.54) is 5.56 Å².